The quantitative estimate of drug-likeness (QED) is 0.739. The van der Waals surface area contributed by atoms with Crippen LogP contribution in [-0.2, 0) is 17.8 Å². The molecule has 1 aromatic carbocycles. The molecule has 0 bridgehead atoms. The van der Waals surface area contributed by atoms with Gasteiger partial charge in [0.25, 0.3) is 0 Å². The van der Waals surface area contributed by atoms with E-state index in [4.69, 9.17) is 0 Å². The van der Waals surface area contributed by atoms with Crippen molar-refractivity contribution in [1.29, 1.82) is 0 Å². The highest BCUT2D eigenvalue weighted by atomic mass is 19.1. The molecule has 1 unspecified atom stereocenters. The van der Waals surface area contributed by atoms with E-state index in [1.165, 1.54) is 12.1 Å². The number of likely N-dealkylation sites (tertiary alicyclic amines) is 1. The predicted molar refractivity (Wildman–Crippen MR) is 105 cm³/mol. The van der Waals surface area contributed by atoms with E-state index in [0.717, 1.165) is 36.2 Å². The maximum absolute atomic E-state index is 13.1. The molecule has 1 fully saturated rings. The zero-order valence-electron chi connectivity index (χ0n) is 16.4. The lowest BCUT2D eigenvalue weighted by molar-refractivity contribution is -0.144. The van der Waals surface area contributed by atoms with Gasteiger partial charge in [-0.05, 0) is 63.4 Å². The third-order valence-electron chi connectivity index (χ3n) is 5.66. The number of halogens is 1. The highest BCUT2D eigenvalue weighted by Gasteiger charge is 2.30. The summed E-state index contributed by atoms with van der Waals surface area (Å²) in [5, 5.41) is 9.41. The smallest absolute Gasteiger partial charge is 0.320 e. The molecule has 1 N–H and O–H groups in total. The number of carbonyl (C=O) groups excluding carboxylic acids is 1. The molecule has 1 atom stereocenters. The molecule has 150 valence electrons. The van der Waals surface area contributed by atoms with Gasteiger partial charge in [-0.25, -0.2) is 4.39 Å². The van der Waals surface area contributed by atoms with Gasteiger partial charge in [-0.3, -0.25) is 14.5 Å². The van der Waals surface area contributed by atoms with E-state index >= 15 is 0 Å². The number of aryl methyl sites for hydroxylation is 2. The van der Waals surface area contributed by atoms with Crippen LogP contribution in [0.3, 0.4) is 0 Å². The monoisotopic (exact) mass is 386 g/mol. The number of hydrogen-bond donors (Lipinski definition) is 1. The van der Waals surface area contributed by atoms with Gasteiger partial charge >= 0.3 is 5.97 Å². The van der Waals surface area contributed by atoms with Crippen molar-refractivity contribution in [3.8, 4) is 0 Å². The SMILES string of the molecule is Cc1cc(C(=O)CN2CCCCC2C(=O)O)c(C)n1CCc1ccc(F)cc1. The van der Waals surface area contributed by atoms with Gasteiger partial charge in [0.05, 0.1) is 6.54 Å². The number of nitrogens with zero attached hydrogens (tertiary/aromatic N) is 2. The molecule has 1 aliphatic heterocycles. The lowest BCUT2D eigenvalue weighted by atomic mass is 10.0. The molecule has 1 saturated heterocycles. The Morgan fingerprint density at radius 1 is 1.18 bits per heavy atom. The topological polar surface area (TPSA) is 62.5 Å². The molecular formula is C22H27FN2O3. The molecule has 2 aromatic rings. The summed E-state index contributed by atoms with van der Waals surface area (Å²) >= 11 is 0. The van der Waals surface area contributed by atoms with E-state index in [9.17, 15) is 19.1 Å². The van der Waals surface area contributed by atoms with Crippen molar-refractivity contribution in [3.05, 3.63) is 58.7 Å². The van der Waals surface area contributed by atoms with Crippen LogP contribution in [0.25, 0.3) is 0 Å². The molecule has 0 spiro atoms. The summed E-state index contributed by atoms with van der Waals surface area (Å²) in [4.78, 5) is 26.1. The van der Waals surface area contributed by atoms with Gasteiger partial charge in [0, 0.05) is 23.5 Å². The number of aromatic nitrogens is 1. The second-order valence-electron chi connectivity index (χ2n) is 7.56. The maximum atomic E-state index is 13.1. The molecule has 0 radical (unpaired) electrons. The van der Waals surface area contributed by atoms with Crippen LogP contribution in [0.2, 0.25) is 0 Å². The summed E-state index contributed by atoms with van der Waals surface area (Å²) in [5.74, 6) is -1.13. The van der Waals surface area contributed by atoms with Crippen molar-refractivity contribution >= 4 is 11.8 Å². The Balaban J connectivity index is 1.70. The molecule has 28 heavy (non-hydrogen) atoms. The van der Waals surface area contributed by atoms with Crippen molar-refractivity contribution in [3.63, 3.8) is 0 Å². The third-order valence-corrected chi connectivity index (χ3v) is 5.66. The van der Waals surface area contributed by atoms with Crippen molar-refractivity contribution in [2.75, 3.05) is 13.1 Å². The highest BCUT2D eigenvalue weighted by molar-refractivity contribution is 5.99. The Morgan fingerprint density at radius 3 is 2.57 bits per heavy atom. The zero-order chi connectivity index (χ0) is 20.3. The Bertz CT molecular complexity index is 857. The molecule has 1 aromatic heterocycles. The van der Waals surface area contributed by atoms with Crippen LogP contribution in [0.1, 0.15) is 46.6 Å². The van der Waals surface area contributed by atoms with E-state index in [0.29, 0.717) is 25.1 Å². The number of aliphatic carboxylic acids is 1. The first-order chi connectivity index (χ1) is 13.4. The number of ketones is 1. The highest BCUT2D eigenvalue weighted by Crippen LogP contribution is 2.21. The summed E-state index contributed by atoms with van der Waals surface area (Å²) < 4.78 is 15.2. The van der Waals surface area contributed by atoms with Crippen LogP contribution in [0.15, 0.2) is 30.3 Å². The van der Waals surface area contributed by atoms with E-state index in [1.54, 1.807) is 17.0 Å². The minimum Gasteiger partial charge on any atom is -0.480 e. The Kier molecular flexibility index (Phi) is 6.29. The molecule has 6 heteroatoms. The van der Waals surface area contributed by atoms with Gasteiger partial charge in [0.2, 0.25) is 0 Å². The van der Waals surface area contributed by atoms with Crippen molar-refractivity contribution in [2.45, 2.75) is 52.1 Å². The summed E-state index contributed by atoms with van der Waals surface area (Å²) in [6.45, 7) is 5.38. The Labute approximate surface area is 164 Å². The molecule has 5 nitrogen and oxygen atoms in total. The van der Waals surface area contributed by atoms with Gasteiger partial charge < -0.3 is 9.67 Å². The molecule has 3 rings (SSSR count). The van der Waals surface area contributed by atoms with Crippen LogP contribution < -0.4 is 0 Å². The van der Waals surface area contributed by atoms with Crippen LogP contribution in [0.4, 0.5) is 4.39 Å². The fraction of sp³-hybridized carbons (Fsp3) is 0.455. The summed E-state index contributed by atoms with van der Waals surface area (Å²) in [6, 6.07) is 7.78. The van der Waals surface area contributed by atoms with Crippen LogP contribution in [0.5, 0.6) is 0 Å². The normalized spacial score (nSPS) is 17.6. The second-order valence-corrected chi connectivity index (χ2v) is 7.56. The summed E-state index contributed by atoms with van der Waals surface area (Å²) in [5.41, 5.74) is 3.59. The Hall–Kier alpha value is -2.47. The van der Waals surface area contributed by atoms with Crippen LogP contribution >= 0.6 is 0 Å². The average Bonchev–Trinajstić information content (AvgIpc) is 2.95. The summed E-state index contributed by atoms with van der Waals surface area (Å²) in [7, 11) is 0. The largest absolute Gasteiger partial charge is 0.480 e. The van der Waals surface area contributed by atoms with Crippen molar-refractivity contribution in [1.82, 2.24) is 9.47 Å². The van der Waals surface area contributed by atoms with Gasteiger partial charge in [-0.2, -0.15) is 0 Å². The molecule has 1 aliphatic rings. The number of Topliss-reactive ketones (excluding diaryl/α,β-unsaturated/α-hetero) is 1. The molecule has 0 amide bonds. The van der Waals surface area contributed by atoms with Crippen molar-refractivity contribution in [2.24, 2.45) is 0 Å². The van der Waals surface area contributed by atoms with Gasteiger partial charge in [-0.15, -0.1) is 0 Å². The second kappa shape index (κ2) is 8.69. The molecule has 2 heterocycles. The standard InChI is InChI=1S/C22H27FN2O3/c1-15-13-19(21(26)14-24-11-4-3-5-20(24)22(27)28)16(2)25(15)12-10-17-6-8-18(23)9-7-17/h6-9,13,20H,3-5,10-12,14H2,1-2H3,(H,27,28). The van der Waals surface area contributed by atoms with Gasteiger partial charge in [0.15, 0.2) is 5.78 Å². The van der Waals surface area contributed by atoms with Crippen LogP contribution in [-0.4, -0.2) is 45.5 Å². The minimum atomic E-state index is -0.850. The first-order valence-corrected chi connectivity index (χ1v) is 9.78. The van der Waals surface area contributed by atoms with E-state index in [2.05, 4.69) is 4.57 Å². The van der Waals surface area contributed by atoms with Gasteiger partial charge in [0.1, 0.15) is 11.9 Å². The zero-order valence-corrected chi connectivity index (χ0v) is 16.4. The number of rotatable bonds is 7. The Morgan fingerprint density at radius 2 is 1.89 bits per heavy atom. The molecule has 0 aliphatic carbocycles. The van der Waals surface area contributed by atoms with Crippen molar-refractivity contribution < 1.29 is 19.1 Å². The minimum absolute atomic E-state index is 0.0331. The molecule has 0 saturated carbocycles. The fourth-order valence-corrected chi connectivity index (χ4v) is 4.05. The van der Waals surface area contributed by atoms with E-state index < -0.39 is 12.0 Å². The lowest BCUT2D eigenvalue weighted by Crippen LogP contribution is -2.46. The number of carbonyl (C=O) groups is 2. The number of carboxylic acid groups (broad SMARTS) is 1. The maximum Gasteiger partial charge on any atom is 0.320 e. The van der Waals surface area contributed by atoms with Crippen LogP contribution in [0, 0.1) is 19.7 Å². The average molecular weight is 386 g/mol. The third kappa shape index (κ3) is 4.50. The number of piperidine rings is 1. The predicted octanol–water partition coefficient (Wildman–Crippen LogP) is 3.61. The number of carboxylic acids is 1. The molecular weight excluding hydrogens is 359 g/mol. The van der Waals surface area contributed by atoms with Gasteiger partial charge in [-0.1, -0.05) is 18.6 Å². The van der Waals surface area contributed by atoms with E-state index in [1.807, 2.05) is 19.9 Å². The summed E-state index contributed by atoms with van der Waals surface area (Å²) in [6.07, 6.45) is 3.16. The first-order valence-electron chi connectivity index (χ1n) is 9.78. The number of hydrogen-bond acceptors (Lipinski definition) is 3. The van der Waals surface area contributed by atoms with E-state index in [-0.39, 0.29) is 18.1 Å². The lowest BCUT2D eigenvalue weighted by Gasteiger charge is -2.32. The fourth-order valence-electron chi connectivity index (χ4n) is 4.05. The number of benzene rings is 1. The first kappa shape index (κ1) is 20.3.